The van der Waals surface area contributed by atoms with Crippen molar-refractivity contribution < 1.29 is 19.1 Å². The van der Waals surface area contributed by atoms with Crippen LogP contribution in [-0.4, -0.2) is 49.9 Å². The van der Waals surface area contributed by atoms with Gasteiger partial charge in [0.1, 0.15) is 5.75 Å². The molecule has 3 rings (SSSR count). The number of nitrogens with zero attached hydrogens (tertiary/aromatic N) is 1. The Morgan fingerprint density at radius 3 is 2.38 bits per heavy atom. The molecule has 7 nitrogen and oxygen atoms in total. The summed E-state index contributed by atoms with van der Waals surface area (Å²) in [6.45, 7) is 1.74. The van der Waals surface area contributed by atoms with Gasteiger partial charge in [0.05, 0.1) is 19.0 Å². The van der Waals surface area contributed by atoms with Gasteiger partial charge in [-0.25, -0.2) is 0 Å². The Labute approximate surface area is 200 Å². The Morgan fingerprint density at radius 2 is 1.62 bits per heavy atom. The molecular weight excluding hydrogens is 430 g/mol. The number of carbonyl (C=O) groups is 3. The van der Waals surface area contributed by atoms with Gasteiger partial charge in [0.25, 0.3) is 5.91 Å². The lowest BCUT2D eigenvalue weighted by atomic mass is 10.0. The summed E-state index contributed by atoms with van der Waals surface area (Å²) in [5, 5.41) is 7.77. The van der Waals surface area contributed by atoms with E-state index in [1.807, 2.05) is 67.6 Å². The molecule has 3 amide bonds. The molecule has 0 aromatic heterocycles. The topological polar surface area (TPSA) is 87.7 Å². The normalized spacial score (nSPS) is 11.5. The van der Waals surface area contributed by atoms with E-state index in [9.17, 15) is 14.4 Å². The first-order chi connectivity index (χ1) is 16.4. The zero-order valence-electron chi connectivity index (χ0n) is 19.8. The van der Waals surface area contributed by atoms with Crippen LogP contribution >= 0.6 is 0 Å². The maximum atomic E-state index is 12.6. The highest BCUT2D eigenvalue weighted by molar-refractivity contribution is 5.91. The van der Waals surface area contributed by atoms with Crippen LogP contribution < -0.4 is 15.4 Å². The summed E-state index contributed by atoms with van der Waals surface area (Å²) in [5.41, 5.74) is 1.70. The van der Waals surface area contributed by atoms with E-state index in [1.54, 1.807) is 20.2 Å². The van der Waals surface area contributed by atoms with E-state index >= 15 is 0 Å². The van der Waals surface area contributed by atoms with Crippen molar-refractivity contribution in [1.29, 1.82) is 0 Å². The van der Waals surface area contributed by atoms with Crippen LogP contribution in [0.4, 0.5) is 0 Å². The van der Waals surface area contributed by atoms with Gasteiger partial charge in [0.15, 0.2) is 6.61 Å². The monoisotopic (exact) mass is 461 g/mol. The minimum absolute atomic E-state index is 0.0847. The van der Waals surface area contributed by atoms with Gasteiger partial charge >= 0.3 is 0 Å². The van der Waals surface area contributed by atoms with Crippen LogP contribution in [0.5, 0.6) is 5.75 Å². The van der Waals surface area contributed by atoms with Gasteiger partial charge in [0.2, 0.25) is 11.8 Å². The van der Waals surface area contributed by atoms with E-state index < -0.39 is 0 Å². The summed E-state index contributed by atoms with van der Waals surface area (Å²) in [6, 6.07) is 20.8. The highest BCUT2D eigenvalue weighted by Gasteiger charge is 2.18. The van der Waals surface area contributed by atoms with Crippen molar-refractivity contribution >= 4 is 28.5 Å². The second kappa shape index (κ2) is 11.8. The minimum atomic E-state index is -0.312. The van der Waals surface area contributed by atoms with Gasteiger partial charge < -0.3 is 20.3 Å². The number of rotatable bonds is 10. The van der Waals surface area contributed by atoms with Crippen LogP contribution in [0.15, 0.2) is 66.7 Å². The third kappa shape index (κ3) is 6.57. The molecule has 0 heterocycles. The van der Waals surface area contributed by atoms with E-state index in [-0.39, 0.29) is 43.3 Å². The number of nitrogens with one attached hydrogen (secondary N) is 2. The van der Waals surface area contributed by atoms with Crippen LogP contribution in [0.3, 0.4) is 0 Å². The van der Waals surface area contributed by atoms with E-state index in [2.05, 4.69) is 10.6 Å². The summed E-state index contributed by atoms with van der Waals surface area (Å²) in [6.07, 6.45) is 0.820. The van der Waals surface area contributed by atoms with Crippen molar-refractivity contribution in [2.75, 3.05) is 27.2 Å². The Balaban J connectivity index is 1.57. The molecule has 2 N–H and O–H groups in total. The number of para-hydroxylation sites is 1. The van der Waals surface area contributed by atoms with Crippen LogP contribution in [0, 0.1) is 0 Å². The maximum Gasteiger partial charge on any atom is 0.259 e. The molecule has 1 atom stereocenters. The third-order valence-electron chi connectivity index (χ3n) is 5.56. The Kier molecular flexibility index (Phi) is 8.62. The number of hydrogen-bond acceptors (Lipinski definition) is 4. The van der Waals surface area contributed by atoms with Crippen LogP contribution in [0.2, 0.25) is 0 Å². The molecule has 0 fully saturated rings. The first-order valence-corrected chi connectivity index (χ1v) is 11.3. The smallest absolute Gasteiger partial charge is 0.259 e. The molecule has 0 saturated carbocycles. The van der Waals surface area contributed by atoms with E-state index in [4.69, 9.17) is 4.74 Å². The van der Waals surface area contributed by atoms with E-state index in [0.29, 0.717) is 12.2 Å². The molecular formula is C27H31N3O4. The zero-order chi connectivity index (χ0) is 24.5. The summed E-state index contributed by atoms with van der Waals surface area (Å²) in [7, 11) is 3.34. The lowest BCUT2D eigenvalue weighted by Gasteiger charge is -2.21. The van der Waals surface area contributed by atoms with Crippen molar-refractivity contribution in [3.63, 3.8) is 0 Å². The standard InChI is InChI=1S/C27H31N3O4/c1-4-23(22-14-7-8-15-24(22)34-18-27(33)30(2)3)29-26(32)17-28-25(31)16-20-12-9-11-19-10-5-6-13-21(19)20/h5-15,23H,4,16-18H2,1-3H3,(H,28,31)(H,29,32). The molecule has 0 aliphatic rings. The summed E-state index contributed by atoms with van der Waals surface area (Å²) < 4.78 is 5.71. The fourth-order valence-electron chi connectivity index (χ4n) is 3.67. The molecule has 178 valence electrons. The third-order valence-corrected chi connectivity index (χ3v) is 5.56. The van der Waals surface area contributed by atoms with Crippen LogP contribution in [0.1, 0.15) is 30.5 Å². The van der Waals surface area contributed by atoms with Gasteiger partial charge in [-0.3, -0.25) is 14.4 Å². The average molecular weight is 462 g/mol. The van der Waals surface area contributed by atoms with Crippen LogP contribution in [-0.2, 0) is 20.8 Å². The molecule has 34 heavy (non-hydrogen) atoms. The molecule has 0 spiro atoms. The molecule has 3 aromatic carbocycles. The molecule has 0 bridgehead atoms. The molecule has 0 radical (unpaired) electrons. The molecule has 1 unspecified atom stereocenters. The van der Waals surface area contributed by atoms with Gasteiger partial charge in [-0.2, -0.15) is 0 Å². The lowest BCUT2D eigenvalue weighted by Crippen LogP contribution is -2.39. The Bertz CT molecular complexity index is 1150. The van der Waals surface area contributed by atoms with Crippen molar-refractivity contribution in [1.82, 2.24) is 15.5 Å². The molecule has 3 aromatic rings. The number of carbonyl (C=O) groups excluding carboxylic acids is 3. The summed E-state index contributed by atoms with van der Waals surface area (Å²) >= 11 is 0. The Hall–Kier alpha value is -3.87. The predicted molar refractivity (Wildman–Crippen MR) is 132 cm³/mol. The van der Waals surface area contributed by atoms with Gasteiger partial charge in [-0.05, 0) is 28.8 Å². The highest BCUT2D eigenvalue weighted by atomic mass is 16.5. The quantitative estimate of drug-likeness (QED) is 0.485. The number of ether oxygens (including phenoxy) is 1. The van der Waals surface area contributed by atoms with Crippen molar-refractivity contribution in [3.8, 4) is 5.75 Å². The van der Waals surface area contributed by atoms with Gasteiger partial charge in [-0.15, -0.1) is 0 Å². The van der Waals surface area contributed by atoms with Crippen molar-refractivity contribution in [2.45, 2.75) is 25.8 Å². The number of fused-ring (bicyclic) bond motifs is 1. The van der Waals surface area contributed by atoms with Gasteiger partial charge in [0, 0.05) is 19.7 Å². The second-order valence-corrected chi connectivity index (χ2v) is 8.23. The zero-order valence-corrected chi connectivity index (χ0v) is 19.8. The highest BCUT2D eigenvalue weighted by Crippen LogP contribution is 2.27. The lowest BCUT2D eigenvalue weighted by molar-refractivity contribution is -0.130. The Morgan fingerprint density at radius 1 is 0.912 bits per heavy atom. The average Bonchev–Trinajstić information content (AvgIpc) is 2.85. The van der Waals surface area contributed by atoms with Crippen molar-refractivity contribution in [2.24, 2.45) is 0 Å². The number of amides is 3. The molecule has 0 aliphatic heterocycles. The minimum Gasteiger partial charge on any atom is -0.483 e. The maximum absolute atomic E-state index is 12.6. The molecule has 7 heteroatoms. The second-order valence-electron chi connectivity index (χ2n) is 8.23. The van der Waals surface area contributed by atoms with Crippen molar-refractivity contribution in [3.05, 3.63) is 77.9 Å². The number of likely N-dealkylation sites (N-methyl/N-ethyl adjacent to an activating group) is 1. The largest absolute Gasteiger partial charge is 0.483 e. The molecule has 0 aliphatic carbocycles. The van der Waals surface area contributed by atoms with Crippen LogP contribution in [0.25, 0.3) is 10.8 Å². The SMILES string of the molecule is CCC(NC(=O)CNC(=O)Cc1cccc2ccccc12)c1ccccc1OCC(=O)N(C)C. The molecule has 0 saturated heterocycles. The van der Waals surface area contributed by atoms with Gasteiger partial charge in [-0.1, -0.05) is 67.6 Å². The number of benzene rings is 3. The predicted octanol–water partition coefficient (Wildman–Crippen LogP) is 3.23. The summed E-state index contributed by atoms with van der Waals surface area (Å²) in [4.78, 5) is 38.4. The van der Waals surface area contributed by atoms with E-state index in [1.165, 1.54) is 4.90 Å². The first kappa shape index (κ1) is 24.8. The fourth-order valence-corrected chi connectivity index (χ4v) is 3.67. The summed E-state index contributed by atoms with van der Waals surface area (Å²) in [5.74, 6) is -0.117. The first-order valence-electron chi connectivity index (χ1n) is 11.3. The number of hydrogen-bond donors (Lipinski definition) is 2. The fraction of sp³-hybridized carbons (Fsp3) is 0.296. The van der Waals surface area contributed by atoms with E-state index in [0.717, 1.165) is 21.9 Å².